The molecule has 2 aromatic rings. The summed E-state index contributed by atoms with van der Waals surface area (Å²) in [4.78, 5) is 0.225. The van der Waals surface area contributed by atoms with Crippen LogP contribution in [-0.4, -0.2) is 8.42 Å². The molecule has 118 valence electrons. The third kappa shape index (κ3) is 4.15. The summed E-state index contributed by atoms with van der Waals surface area (Å²) in [6, 6.07) is 12.6. The summed E-state index contributed by atoms with van der Waals surface area (Å²) in [6.07, 6.45) is 0. The zero-order chi connectivity index (χ0) is 16.4. The molecule has 0 amide bonds. The van der Waals surface area contributed by atoms with Crippen molar-refractivity contribution in [3.05, 3.63) is 65.5 Å². The molecule has 2 aromatic carbocycles. The summed E-state index contributed by atoms with van der Waals surface area (Å²) in [6.45, 7) is 6.35. The van der Waals surface area contributed by atoms with Gasteiger partial charge in [-0.1, -0.05) is 45.0 Å². The molecule has 0 spiro atoms. The van der Waals surface area contributed by atoms with E-state index in [1.165, 1.54) is 12.1 Å². The van der Waals surface area contributed by atoms with Gasteiger partial charge in [-0.05, 0) is 40.8 Å². The van der Waals surface area contributed by atoms with Crippen LogP contribution >= 0.6 is 0 Å². The molecule has 0 aliphatic carbocycles. The maximum atomic E-state index is 12.8. The summed E-state index contributed by atoms with van der Waals surface area (Å²) in [5.41, 5.74) is 1.75. The summed E-state index contributed by atoms with van der Waals surface area (Å²) >= 11 is 0. The van der Waals surface area contributed by atoms with Crippen LogP contribution in [0.3, 0.4) is 0 Å². The van der Waals surface area contributed by atoms with E-state index in [0.717, 1.165) is 5.56 Å². The second kappa shape index (κ2) is 6.18. The Morgan fingerprint density at radius 2 is 1.50 bits per heavy atom. The van der Waals surface area contributed by atoms with E-state index in [0.29, 0.717) is 5.56 Å². The van der Waals surface area contributed by atoms with E-state index >= 15 is 0 Å². The van der Waals surface area contributed by atoms with Crippen LogP contribution < -0.4 is 4.72 Å². The molecular weight excluding hydrogens is 301 g/mol. The minimum atomic E-state index is -3.57. The fraction of sp³-hybridized carbons (Fsp3) is 0.294. The number of benzene rings is 2. The smallest absolute Gasteiger partial charge is 0.207 e. The Morgan fingerprint density at radius 3 is 2.00 bits per heavy atom. The second-order valence-electron chi connectivity index (χ2n) is 6.23. The third-order valence-electron chi connectivity index (χ3n) is 3.41. The first-order valence-electron chi connectivity index (χ1n) is 7.03. The first kappa shape index (κ1) is 16.6. The van der Waals surface area contributed by atoms with Gasteiger partial charge in [0.25, 0.3) is 0 Å². The van der Waals surface area contributed by atoms with E-state index in [-0.39, 0.29) is 22.7 Å². The van der Waals surface area contributed by atoms with Gasteiger partial charge in [0, 0.05) is 6.54 Å². The van der Waals surface area contributed by atoms with Gasteiger partial charge in [0.05, 0.1) is 4.90 Å². The first-order chi connectivity index (χ1) is 10.2. The number of sulfonamides is 1. The largest absolute Gasteiger partial charge is 0.240 e. The Hall–Kier alpha value is -1.72. The van der Waals surface area contributed by atoms with E-state index in [1.807, 2.05) is 12.1 Å². The fourth-order valence-corrected chi connectivity index (χ4v) is 3.02. The van der Waals surface area contributed by atoms with Crippen LogP contribution in [0.1, 0.15) is 31.9 Å². The summed E-state index contributed by atoms with van der Waals surface area (Å²) in [5, 5.41) is 0. The maximum Gasteiger partial charge on any atom is 0.240 e. The van der Waals surface area contributed by atoms with Crippen LogP contribution in [0.15, 0.2) is 53.4 Å². The Kier molecular flexibility index (Phi) is 4.68. The zero-order valence-electron chi connectivity index (χ0n) is 12.9. The third-order valence-corrected chi connectivity index (χ3v) is 4.83. The molecule has 0 unspecified atom stereocenters. The minimum absolute atomic E-state index is 0.0240. The lowest BCUT2D eigenvalue weighted by molar-refractivity contribution is 0.578. The lowest BCUT2D eigenvalue weighted by Gasteiger charge is -2.19. The molecule has 1 N–H and O–H groups in total. The van der Waals surface area contributed by atoms with E-state index in [1.54, 1.807) is 24.3 Å². The van der Waals surface area contributed by atoms with Crippen molar-refractivity contribution in [2.75, 3.05) is 0 Å². The van der Waals surface area contributed by atoms with Gasteiger partial charge in [-0.15, -0.1) is 0 Å². The molecule has 2 rings (SSSR count). The average Bonchev–Trinajstić information content (AvgIpc) is 2.46. The summed E-state index contributed by atoms with van der Waals surface area (Å²) in [5.74, 6) is -0.343. The predicted octanol–water partition coefficient (Wildman–Crippen LogP) is 3.60. The maximum absolute atomic E-state index is 12.8. The van der Waals surface area contributed by atoms with Crippen LogP contribution in [-0.2, 0) is 22.0 Å². The zero-order valence-corrected chi connectivity index (χ0v) is 13.7. The number of halogens is 1. The molecule has 3 nitrogen and oxygen atoms in total. The van der Waals surface area contributed by atoms with Crippen molar-refractivity contribution in [1.29, 1.82) is 0 Å². The molecule has 0 saturated carbocycles. The molecule has 0 fully saturated rings. The Morgan fingerprint density at radius 1 is 0.955 bits per heavy atom. The summed E-state index contributed by atoms with van der Waals surface area (Å²) in [7, 11) is -3.57. The van der Waals surface area contributed by atoms with Gasteiger partial charge < -0.3 is 0 Å². The van der Waals surface area contributed by atoms with Gasteiger partial charge in [-0.25, -0.2) is 17.5 Å². The molecule has 0 radical (unpaired) electrons. The van der Waals surface area contributed by atoms with Crippen molar-refractivity contribution >= 4 is 10.0 Å². The minimum Gasteiger partial charge on any atom is -0.207 e. The normalized spacial score (nSPS) is 12.4. The molecule has 0 bridgehead atoms. The van der Waals surface area contributed by atoms with Gasteiger partial charge in [-0.3, -0.25) is 0 Å². The Balaban J connectivity index is 2.11. The fourth-order valence-electron chi connectivity index (χ4n) is 2.00. The highest BCUT2D eigenvalue weighted by Gasteiger charge is 2.17. The van der Waals surface area contributed by atoms with Crippen LogP contribution in [0.5, 0.6) is 0 Å². The molecule has 5 heteroatoms. The monoisotopic (exact) mass is 321 g/mol. The van der Waals surface area contributed by atoms with Crippen LogP contribution in [0, 0.1) is 5.82 Å². The van der Waals surface area contributed by atoms with Gasteiger partial charge in [0.2, 0.25) is 10.0 Å². The standard InChI is InChI=1S/C17H20FNO2S/c1-17(2,3)14-6-10-16(11-7-14)22(20,21)19-12-13-4-8-15(18)9-5-13/h4-11,19H,12H2,1-3H3. The van der Waals surface area contributed by atoms with Crippen molar-refractivity contribution in [1.82, 2.24) is 4.72 Å². The Labute approximate surface area is 131 Å². The number of hydrogen-bond donors (Lipinski definition) is 1. The first-order valence-corrected chi connectivity index (χ1v) is 8.51. The van der Waals surface area contributed by atoms with Gasteiger partial charge in [-0.2, -0.15) is 0 Å². The highest BCUT2D eigenvalue weighted by Crippen LogP contribution is 2.23. The van der Waals surface area contributed by atoms with Gasteiger partial charge >= 0.3 is 0 Å². The lowest BCUT2D eigenvalue weighted by atomic mass is 9.87. The number of hydrogen-bond acceptors (Lipinski definition) is 2. The molecule has 0 aromatic heterocycles. The molecule has 0 atom stereocenters. The van der Waals surface area contributed by atoms with Gasteiger partial charge in [0.1, 0.15) is 5.82 Å². The highest BCUT2D eigenvalue weighted by molar-refractivity contribution is 7.89. The molecule has 0 aliphatic heterocycles. The van der Waals surface area contributed by atoms with Crippen molar-refractivity contribution in [3.8, 4) is 0 Å². The summed E-state index contributed by atoms with van der Waals surface area (Å²) < 4.78 is 39.8. The molecule has 0 heterocycles. The molecule has 0 saturated heterocycles. The molecule has 0 aliphatic rings. The number of nitrogens with one attached hydrogen (secondary N) is 1. The molecular formula is C17H20FNO2S. The SMILES string of the molecule is CC(C)(C)c1ccc(S(=O)(=O)NCc2ccc(F)cc2)cc1. The quantitative estimate of drug-likeness (QED) is 0.935. The van der Waals surface area contributed by atoms with Crippen molar-refractivity contribution in [2.24, 2.45) is 0 Å². The van der Waals surface area contributed by atoms with Crippen molar-refractivity contribution in [3.63, 3.8) is 0 Å². The van der Waals surface area contributed by atoms with Crippen LogP contribution in [0.4, 0.5) is 4.39 Å². The highest BCUT2D eigenvalue weighted by atomic mass is 32.2. The molecule has 22 heavy (non-hydrogen) atoms. The van der Waals surface area contributed by atoms with E-state index in [4.69, 9.17) is 0 Å². The lowest BCUT2D eigenvalue weighted by Crippen LogP contribution is -2.23. The van der Waals surface area contributed by atoms with Crippen LogP contribution in [0.25, 0.3) is 0 Å². The van der Waals surface area contributed by atoms with E-state index in [9.17, 15) is 12.8 Å². The topological polar surface area (TPSA) is 46.2 Å². The van der Waals surface area contributed by atoms with E-state index in [2.05, 4.69) is 25.5 Å². The Bertz CT molecular complexity index is 730. The van der Waals surface area contributed by atoms with Crippen molar-refractivity contribution < 1.29 is 12.8 Å². The average molecular weight is 321 g/mol. The number of rotatable bonds is 4. The van der Waals surface area contributed by atoms with Crippen molar-refractivity contribution in [2.45, 2.75) is 37.6 Å². The van der Waals surface area contributed by atoms with E-state index < -0.39 is 10.0 Å². The van der Waals surface area contributed by atoms with Crippen LogP contribution in [0.2, 0.25) is 0 Å². The van der Waals surface area contributed by atoms with Gasteiger partial charge in [0.15, 0.2) is 0 Å². The predicted molar refractivity (Wildman–Crippen MR) is 85.6 cm³/mol. The second-order valence-corrected chi connectivity index (χ2v) is 7.99.